The van der Waals surface area contributed by atoms with Gasteiger partial charge in [0.2, 0.25) is 5.91 Å². The van der Waals surface area contributed by atoms with Crippen molar-refractivity contribution in [1.29, 1.82) is 5.26 Å². The van der Waals surface area contributed by atoms with Crippen LogP contribution in [0.2, 0.25) is 0 Å². The lowest BCUT2D eigenvalue weighted by Gasteiger charge is -2.42. The Morgan fingerprint density at radius 2 is 2.00 bits per heavy atom. The summed E-state index contributed by atoms with van der Waals surface area (Å²) in [6.45, 7) is 4.64. The molecule has 1 fully saturated rings. The van der Waals surface area contributed by atoms with E-state index in [-0.39, 0.29) is 18.2 Å². The van der Waals surface area contributed by atoms with E-state index in [1.165, 1.54) is 11.1 Å². The zero-order valence-corrected chi connectivity index (χ0v) is 19.5. The van der Waals surface area contributed by atoms with Crippen LogP contribution in [-0.2, 0) is 4.79 Å². The lowest BCUT2D eigenvalue weighted by atomic mass is 9.86. The van der Waals surface area contributed by atoms with Crippen LogP contribution in [0.1, 0.15) is 29.0 Å². The van der Waals surface area contributed by atoms with Gasteiger partial charge in [0.15, 0.2) is 0 Å². The van der Waals surface area contributed by atoms with Crippen LogP contribution in [0.4, 0.5) is 5.69 Å². The number of ether oxygens (including phenoxy) is 1. The maximum Gasteiger partial charge on any atom is 0.229 e. The Balaban J connectivity index is 1.70. The fraction of sp³-hybridized carbons (Fsp3) is 0.304. The zero-order chi connectivity index (χ0) is 21.4. The first-order valence-electron chi connectivity index (χ1n) is 9.66. The Morgan fingerprint density at radius 3 is 2.70 bits per heavy atom. The summed E-state index contributed by atoms with van der Waals surface area (Å²) in [5.74, 6) is 1.10. The van der Waals surface area contributed by atoms with Crippen molar-refractivity contribution < 1.29 is 9.53 Å². The predicted octanol–water partition coefficient (Wildman–Crippen LogP) is 5.29. The Kier molecular flexibility index (Phi) is 5.81. The van der Waals surface area contributed by atoms with Crippen LogP contribution in [0, 0.1) is 25.2 Å². The highest BCUT2D eigenvalue weighted by molar-refractivity contribution is 9.10. The minimum Gasteiger partial charge on any atom is -0.496 e. The SMILES string of the molecule is COc1ccc(Br)cc1C1CC(=O)N2CN(c3ccc(C)c(C)c3)CSC2=C1C#N. The lowest BCUT2D eigenvalue weighted by Crippen LogP contribution is -2.47. The molecule has 1 saturated heterocycles. The number of aryl methyl sites for hydroxylation is 2. The number of nitriles is 1. The molecule has 2 aromatic carbocycles. The number of rotatable bonds is 3. The van der Waals surface area contributed by atoms with Crippen molar-refractivity contribution in [2.75, 3.05) is 24.6 Å². The van der Waals surface area contributed by atoms with E-state index in [1.54, 1.807) is 23.8 Å². The number of fused-ring (bicyclic) bond motifs is 1. The second kappa shape index (κ2) is 8.37. The van der Waals surface area contributed by atoms with Gasteiger partial charge in [0.05, 0.1) is 36.3 Å². The second-order valence-corrected chi connectivity index (χ2v) is 9.37. The van der Waals surface area contributed by atoms with Gasteiger partial charge in [-0.15, -0.1) is 0 Å². The molecule has 0 saturated carbocycles. The Morgan fingerprint density at radius 1 is 1.20 bits per heavy atom. The van der Waals surface area contributed by atoms with Crippen molar-refractivity contribution in [2.24, 2.45) is 0 Å². The number of anilines is 1. The molecule has 4 rings (SSSR count). The van der Waals surface area contributed by atoms with E-state index in [0.717, 1.165) is 20.8 Å². The number of amides is 1. The smallest absolute Gasteiger partial charge is 0.229 e. The molecular weight excluding hydrogens is 462 g/mol. The predicted molar refractivity (Wildman–Crippen MR) is 123 cm³/mol. The number of benzene rings is 2. The molecular formula is C23H22BrN3O2S. The highest BCUT2D eigenvalue weighted by Crippen LogP contribution is 2.45. The summed E-state index contributed by atoms with van der Waals surface area (Å²) in [4.78, 5) is 17.1. The van der Waals surface area contributed by atoms with Gasteiger partial charge in [0, 0.05) is 28.1 Å². The normalized spacial score (nSPS) is 18.9. The van der Waals surface area contributed by atoms with Gasteiger partial charge in [0.25, 0.3) is 0 Å². The van der Waals surface area contributed by atoms with E-state index in [1.807, 2.05) is 18.2 Å². The van der Waals surface area contributed by atoms with Gasteiger partial charge in [0.1, 0.15) is 5.75 Å². The van der Waals surface area contributed by atoms with Crippen LogP contribution in [0.25, 0.3) is 0 Å². The molecule has 2 aliphatic rings. The van der Waals surface area contributed by atoms with Crippen molar-refractivity contribution in [1.82, 2.24) is 4.90 Å². The highest BCUT2D eigenvalue weighted by Gasteiger charge is 2.39. The van der Waals surface area contributed by atoms with Crippen LogP contribution in [-0.4, -0.2) is 30.5 Å². The van der Waals surface area contributed by atoms with Gasteiger partial charge < -0.3 is 9.64 Å². The minimum absolute atomic E-state index is 0.0251. The first-order chi connectivity index (χ1) is 14.4. The van der Waals surface area contributed by atoms with Gasteiger partial charge in [-0.3, -0.25) is 9.69 Å². The van der Waals surface area contributed by atoms with Gasteiger partial charge in [-0.2, -0.15) is 5.26 Å². The zero-order valence-electron chi connectivity index (χ0n) is 17.1. The molecule has 0 radical (unpaired) electrons. The second-order valence-electron chi connectivity index (χ2n) is 7.52. The van der Waals surface area contributed by atoms with Crippen LogP contribution in [0.3, 0.4) is 0 Å². The lowest BCUT2D eigenvalue weighted by molar-refractivity contribution is -0.129. The molecule has 1 amide bonds. The number of allylic oxidation sites excluding steroid dienone is 1. The van der Waals surface area contributed by atoms with Crippen molar-refractivity contribution in [3.63, 3.8) is 0 Å². The standard InChI is InChI=1S/C23H22BrN3O2S/c1-14-4-6-17(8-15(14)2)26-12-27-22(28)10-18(20(11-25)23(27)30-13-26)19-9-16(24)5-7-21(19)29-3/h4-9,18H,10,12-13H2,1-3H3. The highest BCUT2D eigenvalue weighted by atomic mass is 79.9. The third-order valence-electron chi connectivity index (χ3n) is 5.72. The largest absolute Gasteiger partial charge is 0.496 e. The van der Waals surface area contributed by atoms with E-state index >= 15 is 0 Å². The van der Waals surface area contributed by atoms with Crippen molar-refractivity contribution in [3.05, 3.63) is 68.2 Å². The summed E-state index contributed by atoms with van der Waals surface area (Å²) in [6, 6.07) is 14.4. The van der Waals surface area contributed by atoms with E-state index in [0.29, 0.717) is 23.9 Å². The van der Waals surface area contributed by atoms with Gasteiger partial charge in [-0.25, -0.2) is 0 Å². The van der Waals surface area contributed by atoms with E-state index in [4.69, 9.17) is 4.74 Å². The minimum atomic E-state index is -0.304. The number of carbonyl (C=O) groups is 1. The van der Waals surface area contributed by atoms with Gasteiger partial charge >= 0.3 is 0 Å². The summed E-state index contributed by atoms with van der Waals surface area (Å²) in [6.07, 6.45) is 0.251. The Labute approximate surface area is 189 Å². The molecule has 1 unspecified atom stereocenters. The average molecular weight is 484 g/mol. The van der Waals surface area contributed by atoms with Crippen LogP contribution in [0.15, 0.2) is 51.5 Å². The summed E-state index contributed by atoms with van der Waals surface area (Å²) in [7, 11) is 1.61. The van der Waals surface area contributed by atoms with Crippen LogP contribution < -0.4 is 9.64 Å². The molecule has 154 valence electrons. The molecule has 0 aromatic heterocycles. The number of nitrogens with zero attached hydrogens (tertiary/aromatic N) is 3. The van der Waals surface area contributed by atoms with Crippen molar-refractivity contribution in [3.8, 4) is 11.8 Å². The number of hydrogen-bond acceptors (Lipinski definition) is 5. The summed E-state index contributed by atoms with van der Waals surface area (Å²) >= 11 is 5.05. The molecule has 2 aliphatic heterocycles. The van der Waals surface area contributed by atoms with Crippen LogP contribution >= 0.6 is 27.7 Å². The molecule has 5 nitrogen and oxygen atoms in total. The maximum absolute atomic E-state index is 13.1. The van der Waals surface area contributed by atoms with E-state index in [9.17, 15) is 10.1 Å². The first-order valence-corrected chi connectivity index (χ1v) is 11.4. The number of methoxy groups -OCH3 is 1. The third-order valence-corrected chi connectivity index (χ3v) is 7.36. The molecule has 0 aliphatic carbocycles. The average Bonchev–Trinajstić information content (AvgIpc) is 2.75. The van der Waals surface area contributed by atoms with Gasteiger partial charge in [-0.05, 0) is 55.3 Å². The molecule has 0 N–H and O–H groups in total. The van der Waals surface area contributed by atoms with Gasteiger partial charge in [-0.1, -0.05) is 33.8 Å². The molecule has 1 atom stereocenters. The number of hydrogen-bond donors (Lipinski definition) is 0. The number of carbonyl (C=O) groups excluding carboxylic acids is 1. The molecule has 2 heterocycles. The van der Waals surface area contributed by atoms with E-state index < -0.39 is 0 Å². The molecule has 0 spiro atoms. The summed E-state index contributed by atoms with van der Waals surface area (Å²) < 4.78 is 6.42. The van der Waals surface area contributed by atoms with E-state index in [2.05, 4.69) is 58.9 Å². The fourth-order valence-electron chi connectivity index (χ4n) is 3.89. The number of thioether (sulfide) groups is 1. The summed E-state index contributed by atoms with van der Waals surface area (Å²) in [5, 5.41) is 10.8. The first kappa shape index (κ1) is 20.8. The maximum atomic E-state index is 13.1. The molecule has 2 aromatic rings. The quantitative estimate of drug-likeness (QED) is 0.593. The molecule has 0 bridgehead atoms. The molecule has 30 heavy (non-hydrogen) atoms. The monoisotopic (exact) mass is 483 g/mol. The summed E-state index contributed by atoms with van der Waals surface area (Å²) in [5.41, 5.74) is 5.06. The fourth-order valence-corrected chi connectivity index (χ4v) is 5.44. The van der Waals surface area contributed by atoms with Crippen molar-refractivity contribution >= 4 is 39.3 Å². The van der Waals surface area contributed by atoms with Crippen LogP contribution in [0.5, 0.6) is 5.75 Å². The van der Waals surface area contributed by atoms with Crippen molar-refractivity contribution in [2.45, 2.75) is 26.2 Å². The Hall–Kier alpha value is -2.43. The Bertz CT molecular complexity index is 1090. The number of halogens is 1. The molecule has 7 heteroatoms. The topological polar surface area (TPSA) is 56.6 Å². The third kappa shape index (κ3) is 3.70.